The Bertz CT molecular complexity index is 862. The smallest absolute Gasteiger partial charge is 0.321 e. The first kappa shape index (κ1) is 19.9. The molecule has 1 aliphatic heterocycles. The number of carbonyl (C=O) groups excluding carboxylic acids is 2. The summed E-state index contributed by atoms with van der Waals surface area (Å²) in [6, 6.07) is 15.5. The minimum atomic E-state index is -0.121. The van der Waals surface area contributed by atoms with Crippen LogP contribution in [-0.4, -0.2) is 42.9 Å². The zero-order valence-electron chi connectivity index (χ0n) is 17.2. The van der Waals surface area contributed by atoms with Crippen LogP contribution in [0.3, 0.4) is 0 Å². The number of nitrogens with zero attached hydrogens (tertiary/aromatic N) is 2. The van der Waals surface area contributed by atoms with Gasteiger partial charge in [0.2, 0.25) is 0 Å². The number of benzene rings is 2. The Morgan fingerprint density at radius 2 is 1.61 bits per heavy atom. The van der Waals surface area contributed by atoms with E-state index >= 15 is 0 Å². The van der Waals surface area contributed by atoms with Gasteiger partial charge in [0.25, 0.3) is 0 Å². The molecule has 0 atom stereocenters. The first-order valence-electron chi connectivity index (χ1n) is 9.77. The van der Waals surface area contributed by atoms with Crippen molar-refractivity contribution in [2.75, 3.05) is 36.4 Å². The third-order valence-corrected chi connectivity index (χ3v) is 5.14. The SMILES string of the molecule is CC(=O)c1cccc(NC(=O)N2CCN(c3ccccc3C(C)(C)C)CC2)c1. The number of urea groups is 1. The molecule has 3 rings (SSSR count). The van der Waals surface area contributed by atoms with E-state index in [9.17, 15) is 9.59 Å². The summed E-state index contributed by atoms with van der Waals surface area (Å²) in [5.41, 5.74) is 3.91. The zero-order chi connectivity index (χ0) is 20.3. The highest BCUT2D eigenvalue weighted by Gasteiger charge is 2.25. The van der Waals surface area contributed by atoms with Crippen LogP contribution in [0.2, 0.25) is 0 Å². The van der Waals surface area contributed by atoms with E-state index in [1.54, 1.807) is 24.3 Å². The number of hydrogen-bond acceptors (Lipinski definition) is 3. The molecule has 1 fully saturated rings. The van der Waals surface area contributed by atoms with Crippen molar-refractivity contribution in [2.24, 2.45) is 0 Å². The van der Waals surface area contributed by atoms with Gasteiger partial charge >= 0.3 is 6.03 Å². The van der Waals surface area contributed by atoms with Crippen molar-refractivity contribution in [2.45, 2.75) is 33.1 Å². The number of ketones is 1. The molecule has 1 N–H and O–H groups in total. The normalized spacial score (nSPS) is 14.7. The molecule has 5 nitrogen and oxygen atoms in total. The second-order valence-corrected chi connectivity index (χ2v) is 8.31. The predicted octanol–water partition coefficient (Wildman–Crippen LogP) is 4.54. The lowest BCUT2D eigenvalue weighted by Gasteiger charge is -2.38. The van der Waals surface area contributed by atoms with E-state index in [1.165, 1.54) is 18.2 Å². The number of rotatable bonds is 3. The topological polar surface area (TPSA) is 52.7 Å². The van der Waals surface area contributed by atoms with Crippen LogP contribution in [0.15, 0.2) is 48.5 Å². The van der Waals surface area contributed by atoms with Crippen molar-refractivity contribution in [3.63, 3.8) is 0 Å². The molecule has 1 aliphatic rings. The van der Waals surface area contributed by atoms with Crippen LogP contribution in [0.25, 0.3) is 0 Å². The molecule has 2 amide bonds. The lowest BCUT2D eigenvalue weighted by Crippen LogP contribution is -2.50. The first-order valence-corrected chi connectivity index (χ1v) is 9.77. The molecule has 0 aliphatic carbocycles. The molecule has 1 heterocycles. The monoisotopic (exact) mass is 379 g/mol. The van der Waals surface area contributed by atoms with E-state index < -0.39 is 0 Å². The van der Waals surface area contributed by atoms with E-state index in [-0.39, 0.29) is 17.2 Å². The van der Waals surface area contributed by atoms with Crippen LogP contribution in [-0.2, 0) is 5.41 Å². The molecular weight excluding hydrogens is 350 g/mol. The van der Waals surface area contributed by atoms with Gasteiger partial charge in [-0.2, -0.15) is 0 Å². The maximum Gasteiger partial charge on any atom is 0.321 e. The van der Waals surface area contributed by atoms with Crippen molar-refractivity contribution in [1.29, 1.82) is 0 Å². The van der Waals surface area contributed by atoms with Crippen LogP contribution < -0.4 is 10.2 Å². The molecular formula is C23H29N3O2. The molecule has 5 heteroatoms. The van der Waals surface area contributed by atoms with Gasteiger partial charge in [-0.05, 0) is 36.1 Å². The van der Waals surface area contributed by atoms with Crippen molar-refractivity contribution in [3.8, 4) is 0 Å². The largest absolute Gasteiger partial charge is 0.368 e. The molecule has 1 saturated heterocycles. The van der Waals surface area contributed by atoms with Crippen molar-refractivity contribution < 1.29 is 9.59 Å². The quantitative estimate of drug-likeness (QED) is 0.797. The molecule has 28 heavy (non-hydrogen) atoms. The van der Waals surface area contributed by atoms with Crippen LogP contribution in [0.1, 0.15) is 43.6 Å². The standard InChI is InChI=1S/C23H29N3O2/c1-17(27)18-8-7-9-19(16-18)24-22(28)26-14-12-25(13-15-26)21-11-6-5-10-20(21)23(2,3)4/h5-11,16H,12-15H2,1-4H3,(H,24,28). The molecule has 148 valence electrons. The molecule has 0 aromatic heterocycles. The second-order valence-electron chi connectivity index (χ2n) is 8.31. The third kappa shape index (κ3) is 4.53. The average molecular weight is 380 g/mol. The fraction of sp³-hybridized carbons (Fsp3) is 0.391. The second kappa shape index (κ2) is 8.05. The van der Waals surface area contributed by atoms with Gasteiger partial charge in [-0.1, -0.05) is 51.1 Å². The lowest BCUT2D eigenvalue weighted by atomic mass is 9.85. The summed E-state index contributed by atoms with van der Waals surface area (Å²) in [6.45, 7) is 11.1. The molecule has 2 aromatic rings. The van der Waals surface area contributed by atoms with E-state index in [0.29, 0.717) is 24.3 Å². The van der Waals surface area contributed by atoms with E-state index in [1.807, 2.05) is 4.90 Å². The van der Waals surface area contributed by atoms with Crippen LogP contribution in [0.5, 0.6) is 0 Å². The summed E-state index contributed by atoms with van der Waals surface area (Å²) >= 11 is 0. The van der Waals surface area contributed by atoms with E-state index in [4.69, 9.17) is 0 Å². The summed E-state index contributed by atoms with van der Waals surface area (Å²) in [6.07, 6.45) is 0. The van der Waals surface area contributed by atoms with Gasteiger partial charge in [0.15, 0.2) is 5.78 Å². The summed E-state index contributed by atoms with van der Waals surface area (Å²) in [5, 5.41) is 2.91. The average Bonchev–Trinajstić information content (AvgIpc) is 2.67. The lowest BCUT2D eigenvalue weighted by molar-refractivity contribution is 0.101. The zero-order valence-corrected chi connectivity index (χ0v) is 17.2. The van der Waals surface area contributed by atoms with E-state index in [0.717, 1.165) is 13.1 Å². The van der Waals surface area contributed by atoms with Crippen molar-refractivity contribution in [1.82, 2.24) is 4.90 Å². The maximum atomic E-state index is 12.6. The maximum absolute atomic E-state index is 12.6. The van der Waals surface area contributed by atoms with Gasteiger partial charge in [0.05, 0.1) is 0 Å². The number of nitrogens with one attached hydrogen (secondary N) is 1. The van der Waals surface area contributed by atoms with Crippen LogP contribution in [0, 0.1) is 0 Å². The molecule has 2 aromatic carbocycles. The Morgan fingerprint density at radius 3 is 2.25 bits per heavy atom. The molecule has 0 radical (unpaired) electrons. The number of piperazine rings is 1. The van der Waals surface area contributed by atoms with Gasteiger partial charge in [-0.25, -0.2) is 4.79 Å². The molecule has 0 spiro atoms. The summed E-state index contributed by atoms with van der Waals surface area (Å²) in [7, 11) is 0. The molecule has 0 saturated carbocycles. The summed E-state index contributed by atoms with van der Waals surface area (Å²) < 4.78 is 0. The summed E-state index contributed by atoms with van der Waals surface area (Å²) in [5.74, 6) is -0.0118. The Kier molecular flexibility index (Phi) is 5.73. The van der Waals surface area contributed by atoms with Crippen molar-refractivity contribution in [3.05, 3.63) is 59.7 Å². The fourth-order valence-electron chi connectivity index (χ4n) is 3.55. The van der Waals surface area contributed by atoms with Gasteiger partial charge in [0, 0.05) is 43.1 Å². The van der Waals surface area contributed by atoms with Gasteiger partial charge < -0.3 is 15.1 Å². The number of amides is 2. The minimum Gasteiger partial charge on any atom is -0.368 e. The Morgan fingerprint density at radius 1 is 0.929 bits per heavy atom. The number of para-hydroxylation sites is 1. The number of Topliss-reactive ketones (excluding diaryl/α,β-unsaturated/α-hetero) is 1. The van der Waals surface area contributed by atoms with Gasteiger partial charge in [0.1, 0.15) is 0 Å². The van der Waals surface area contributed by atoms with Crippen LogP contribution in [0.4, 0.5) is 16.2 Å². The molecule has 0 bridgehead atoms. The van der Waals surface area contributed by atoms with Crippen LogP contribution >= 0.6 is 0 Å². The number of carbonyl (C=O) groups is 2. The minimum absolute atomic E-state index is 0.0118. The van der Waals surface area contributed by atoms with Crippen molar-refractivity contribution >= 4 is 23.2 Å². The number of anilines is 2. The Hall–Kier alpha value is -2.82. The predicted molar refractivity (Wildman–Crippen MR) is 114 cm³/mol. The van der Waals surface area contributed by atoms with Gasteiger partial charge in [-0.3, -0.25) is 4.79 Å². The third-order valence-electron chi connectivity index (χ3n) is 5.14. The summed E-state index contributed by atoms with van der Waals surface area (Å²) in [4.78, 5) is 28.3. The highest BCUT2D eigenvalue weighted by molar-refractivity contribution is 5.96. The Balaban J connectivity index is 1.64. The highest BCUT2D eigenvalue weighted by Crippen LogP contribution is 2.32. The highest BCUT2D eigenvalue weighted by atomic mass is 16.2. The van der Waals surface area contributed by atoms with Gasteiger partial charge in [-0.15, -0.1) is 0 Å². The van der Waals surface area contributed by atoms with E-state index in [2.05, 4.69) is 55.3 Å². The Labute approximate surface area is 167 Å². The number of hydrogen-bond donors (Lipinski definition) is 1. The fourth-order valence-corrected chi connectivity index (χ4v) is 3.55. The molecule has 0 unspecified atom stereocenters. The first-order chi connectivity index (χ1) is 13.3.